The van der Waals surface area contributed by atoms with Crippen LogP contribution in [0.15, 0.2) is 47.0 Å². The minimum atomic E-state index is -0.121. The Hall–Kier alpha value is -2.82. The van der Waals surface area contributed by atoms with Crippen molar-refractivity contribution >= 4 is 16.9 Å². The van der Waals surface area contributed by atoms with Crippen LogP contribution in [-0.2, 0) is 13.0 Å². The van der Waals surface area contributed by atoms with Crippen molar-refractivity contribution in [2.75, 3.05) is 13.7 Å². The lowest BCUT2D eigenvalue weighted by Gasteiger charge is -2.18. The van der Waals surface area contributed by atoms with Crippen LogP contribution in [0, 0.1) is 0 Å². The highest BCUT2D eigenvalue weighted by Crippen LogP contribution is 2.28. The lowest BCUT2D eigenvalue weighted by atomic mass is 10.1. The maximum atomic E-state index is 12.9. The van der Waals surface area contributed by atoms with Gasteiger partial charge < -0.3 is 14.1 Å². The van der Waals surface area contributed by atoms with Crippen LogP contribution in [0.3, 0.4) is 0 Å². The van der Waals surface area contributed by atoms with Gasteiger partial charge in [0.1, 0.15) is 16.9 Å². The van der Waals surface area contributed by atoms with E-state index in [1.54, 1.807) is 30.3 Å². The Labute approximate surface area is 147 Å². The van der Waals surface area contributed by atoms with Gasteiger partial charge in [-0.2, -0.15) is 0 Å². The number of carbonyl (C=O) groups is 1. The second-order valence-electron chi connectivity index (χ2n) is 5.80. The summed E-state index contributed by atoms with van der Waals surface area (Å²) >= 11 is 0. The molecular formula is C20H22N2O3. The first-order chi connectivity index (χ1) is 12.2. The number of furan rings is 1. The van der Waals surface area contributed by atoms with Crippen LogP contribution < -0.4 is 4.74 Å². The van der Waals surface area contributed by atoms with Gasteiger partial charge in [-0.1, -0.05) is 25.1 Å². The van der Waals surface area contributed by atoms with E-state index in [0.29, 0.717) is 24.6 Å². The molecule has 0 radical (unpaired) electrons. The van der Waals surface area contributed by atoms with Gasteiger partial charge in [-0.15, -0.1) is 0 Å². The summed E-state index contributed by atoms with van der Waals surface area (Å²) in [6.07, 6.45) is 2.41. The minimum absolute atomic E-state index is 0.121. The number of para-hydroxylation sites is 1. The molecular weight excluding hydrogens is 316 g/mol. The van der Waals surface area contributed by atoms with Crippen LogP contribution in [0.25, 0.3) is 11.0 Å². The molecule has 0 saturated carbocycles. The van der Waals surface area contributed by atoms with Crippen LogP contribution in [0.2, 0.25) is 0 Å². The standard InChI is InChI=1S/C20H22N2O3/c1-4-17-16(14-9-6-7-11-18(14)25-17)13-22(3)20(23)15-10-8-12-21-19(15)24-5-2/h6-12H,4-5,13H2,1-3H3. The average Bonchev–Trinajstić information content (AvgIpc) is 2.99. The fourth-order valence-corrected chi connectivity index (χ4v) is 2.93. The van der Waals surface area contributed by atoms with Gasteiger partial charge in [-0.05, 0) is 25.1 Å². The number of amides is 1. The van der Waals surface area contributed by atoms with Crippen molar-refractivity contribution < 1.29 is 13.9 Å². The molecule has 0 fully saturated rings. The zero-order valence-corrected chi connectivity index (χ0v) is 14.8. The monoisotopic (exact) mass is 338 g/mol. The highest BCUT2D eigenvalue weighted by Gasteiger charge is 2.21. The number of pyridine rings is 1. The molecule has 0 N–H and O–H groups in total. The SMILES string of the molecule is CCOc1ncccc1C(=O)N(C)Cc1c(CC)oc2ccccc12. The molecule has 0 aliphatic rings. The number of aryl methyl sites for hydroxylation is 1. The first-order valence-corrected chi connectivity index (χ1v) is 8.48. The number of hydrogen-bond donors (Lipinski definition) is 0. The quantitative estimate of drug-likeness (QED) is 0.680. The Morgan fingerprint density at radius 3 is 2.76 bits per heavy atom. The molecule has 0 aliphatic heterocycles. The van der Waals surface area contributed by atoms with Gasteiger partial charge in [-0.3, -0.25) is 4.79 Å². The van der Waals surface area contributed by atoms with Crippen LogP contribution >= 0.6 is 0 Å². The fourth-order valence-electron chi connectivity index (χ4n) is 2.93. The number of carbonyl (C=O) groups excluding carboxylic acids is 1. The molecule has 5 heteroatoms. The summed E-state index contributed by atoms with van der Waals surface area (Å²) in [6.45, 7) is 4.86. The maximum absolute atomic E-state index is 12.9. The summed E-state index contributed by atoms with van der Waals surface area (Å²) in [6, 6.07) is 11.4. The van der Waals surface area contributed by atoms with Gasteiger partial charge in [0.25, 0.3) is 5.91 Å². The summed E-state index contributed by atoms with van der Waals surface area (Å²) < 4.78 is 11.4. The third-order valence-electron chi connectivity index (χ3n) is 4.13. The molecule has 3 rings (SSSR count). The molecule has 5 nitrogen and oxygen atoms in total. The van der Waals surface area contributed by atoms with E-state index >= 15 is 0 Å². The molecule has 1 aromatic carbocycles. The van der Waals surface area contributed by atoms with Crippen molar-refractivity contribution in [2.45, 2.75) is 26.8 Å². The number of fused-ring (bicyclic) bond motifs is 1. The zero-order valence-electron chi connectivity index (χ0n) is 14.8. The minimum Gasteiger partial charge on any atom is -0.477 e. The molecule has 25 heavy (non-hydrogen) atoms. The highest BCUT2D eigenvalue weighted by atomic mass is 16.5. The van der Waals surface area contributed by atoms with Crippen LogP contribution in [0.4, 0.5) is 0 Å². The summed E-state index contributed by atoms with van der Waals surface area (Å²) in [5.74, 6) is 1.16. The number of benzene rings is 1. The highest BCUT2D eigenvalue weighted by molar-refractivity contribution is 5.96. The number of aromatic nitrogens is 1. The molecule has 0 spiro atoms. The third-order valence-corrected chi connectivity index (χ3v) is 4.13. The largest absolute Gasteiger partial charge is 0.477 e. The molecule has 2 aromatic heterocycles. The van der Waals surface area contributed by atoms with Crippen LogP contribution in [0.1, 0.15) is 35.5 Å². The fraction of sp³-hybridized carbons (Fsp3) is 0.300. The Morgan fingerprint density at radius 1 is 1.20 bits per heavy atom. The first kappa shape index (κ1) is 17.0. The van der Waals surface area contributed by atoms with E-state index in [1.807, 2.05) is 31.2 Å². The van der Waals surface area contributed by atoms with Gasteiger partial charge in [0.2, 0.25) is 5.88 Å². The molecule has 2 heterocycles. The van der Waals surface area contributed by atoms with E-state index in [9.17, 15) is 4.79 Å². The number of rotatable bonds is 6. The second kappa shape index (κ2) is 7.38. The van der Waals surface area contributed by atoms with Crippen molar-refractivity contribution in [3.8, 4) is 5.88 Å². The summed E-state index contributed by atoms with van der Waals surface area (Å²) in [5.41, 5.74) is 2.38. The number of nitrogens with zero attached hydrogens (tertiary/aromatic N) is 2. The molecule has 0 atom stereocenters. The van der Waals surface area contributed by atoms with E-state index < -0.39 is 0 Å². The topological polar surface area (TPSA) is 55.6 Å². The smallest absolute Gasteiger partial charge is 0.259 e. The van der Waals surface area contributed by atoms with Gasteiger partial charge in [0.05, 0.1) is 6.61 Å². The molecule has 0 unspecified atom stereocenters. The third kappa shape index (κ3) is 3.36. The van der Waals surface area contributed by atoms with Gasteiger partial charge >= 0.3 is 0 Å². The predicted molar refractivity (Wildman–Crippen MR) is 96.8 cm³/mol. The molecule has 0 bridgehead atoms. The molecule has 0 saturated heterocycles. The van der Waals surface area contributed by atoms with E-state index in [4.69, 9.17) is 9.15 Å². The maximum Gasteiger partial charge on any atom is 0.259 e. The van der Waals surface area contributed by atoms with Gasteiger partial charge in [-0.25, -0.2) is 4.98 Å². The average molecular weight is 338 g/mol. The van der Waals surface area contributed by atoms with E-state index in [1.165, 1.54) is 0 Å². The summed E-state index contributed by atoms with van der Waals surface area (Å²) in [4.78, 5) is 18.7. The Balaban J connectivity index is 1.90. The molecule has 0 aliphatic carbocycles. The van der Waals surface area contributed by atoms with Gasteiger partial charge in [0, 0.05) is 37.2 Å². The zero-order chi connectivity index (χ0) is 17.8. The van der Waals surface area contributed by atoms with Crippen LogP contribution in [-0.4, -0.2) is 29.4 Å². The Kier molecular flexibility index (Phi) is 5.03. The number of hydrogen-bond acceptors (Lipinski definition) is 4. The Bertz CT molecular complexity index is 886. The number of ether oxygens (including phenoxy) is 1. The Morgan fingerprint density at radius 2 is 2.00 bits per heavy atom. The van der Waals surface area contributed by atoms with E-state index in [-0.39, 0.29) is 5.91 Å². The molecule has 3 aromatic rings. The molecule has 130 valence electrons. The van der Waals surface area contributed by atoms with Crippen molar-refractivity contribution in [2.24, 2.45) is 0 Å². The normalized spacial score (nSPS) is 10.8. The molecule has 1 amide bonds. The van der Waals surface area contributed by atoms with Crippen molar-refractivity contribution in [1.82, 2.24) is 9.88 Å². The van der Waals surface area contributed by atoms with Crippen molar-refractivity contribution in [3.05, 3.63) is 59.5 Å². The lowest BCUT2D eigenvalue weighted by Crippen LogP contribution is -2.27. The summed E-state index contributed by atoms with van der Waals surface area (Å²) in [7, 11) is 1.78. The first-order valence-electron chi connectivity index (χ1n) is 8.48. The van der Waals surface area contributed by atoms with E-state index in [0.717, 1.165) is 28.7 Å². The van der Waals surface area contributed by atoms with Crippen LogP contribution in [0.5, 0.6) is 5.88 Å². The second-order valence-corrected chi connectivity index (χ2v) is 5.80. The lowest BCUT2D eigenvalue weighted by molar-refractivity contribution is 0.0780. The summed E-state index contributed by atoms with van der Waals surface area (Å²) in [5, 5.41) is 1.05. The van der Waals surface area contributed by atoms with Gasteiger partial charge in [0.15, 0.2) is 0 Å². The predicted octanol–water partition coefficient (Wildman–Crippen LogP) is 4.06. The van der Waals surface area contributed by atoms with Crippen molar-refractivity contribution in [3.63, 3.8) is 0 Å². The van der Waals surface area contributed by atoms with Crippen molar-refractivity contribution in [1.29, 1.82) is 0 Å². The van der Waals surface area contributed by atoms with E-state index in [2.05, 4.69) is 11.9 Å².